The van der Waals surface area contributed by atoms with Crippen molar-refractivity contribution < 1.29 is 9.21 Å². The van der Waals surface area contributed by atoms with Crippen LogP contribution in [0, 0.1) is 0 Å². The van der Waals surface area contributed by atoms with Crippen LogP contribution < -0.4 is 10.2 Å². The Balaban J connectivity index is 1.64. The Kier molecular flexibility index (Phi) is 4.98. The van der Waals surface area contributed by atoms with E-state index in [9.17, 15) is 4.79 Å². The summed E-state index contributed by atoms with van der Waals surface area (Å²) >= 11 is 0. The number of hydrogen-bond acceptors (Lipinski definition) is 4. The molecule has 1 N–H and O–H groups in total. The Morgan fingerprint density at radius 1 is 1.13 bits per heavy atom. The van der Waals surface area contributed by atoms with E-state index in [0.717, 1.165) is 31.9 Å². The van der Waals surface area contributed by atoms with Gasteiger partial charge in [0.05, 0.1) is 12.3 Å². The van der Waals surface area contributed by atoms with Crippen molar-refractivity contribution in [3.8, 4) is 0 Å². The molecule has 1 aliphatic heterocycles. The van der Waals surface area contributed by atoms with Gasteiger partial charge in [-0.2, -0.15) is 0 Å². The Bertz CT molecular complexity index is 604. The van der Waals surface area contributed by atoms with E-state index < -0.39 is 0 Å². The number of amides is 1. The van der Waals surface area contributed by atoms with Crippen LogP contribution in [0.3, 0.4) is 0 Å². The minimum absolute atomic E-state index is 0.00974. The highest BCUT2D eigenvalue weighted by Gasteiger charge is 2.27. The molecule has 1 aliphatic rings. The maximum Gasteiger partial charge on any atom is 0.216 e. The molecule has 23 heavy (non-hydrogen) atoms. The number of carbonyl (C=O) groups excluding carboxylic acids is 1. The maximum absolute atomic E-state index is 11.3. The summed E-state index contributed by atoms with van der Waals surface area (Å²) in [6.45, 7) is 5.96. The van der Waals surface area contributed by atoms with Gasteiger partial charge >= 0.3 is 0 Å². The lowest BCUT2D eigenvalue weighted by Gasteiger charge is -2.39. The second kappa shape index (κ2) is 7.33. The average Bonchev–Trinajstić information content (AvgIpc) is 3.10. The quantitative estimate of drug-likeness (QED) is 0.920. The van der Waals surface area contributed by atoms with Gasteiger partial charge < -0.3 is 14.6 Å². The van der Waals surface area contributed by atoms with Crippen molar-refractivity contribution in [1.29, 1.82) is 0 Å². The molecule has 0 radical (unpaired) electrons. The van der Waals surface area contributed by atoms with E-state index in [4.69, 9.17) is 4.42 Å². The fourth-order valence-electron chi connectivity index (χ4n) is 3.06. The summed E-state index contributed by atoms with van der Waals surface area (Å²) in [6.07, 6.45) is 1.69. The number of piperazine rings is 1. The zero-order chi connectivity index (χ0) is 16.1. The van der Waals surface area contributed by atoms with Crippen molar-refractivity contribution in [2.75, 3.05) is 37.6 Å². The van der Waals surface area contributed by atoms with Crippen LogP contribution >= 0.6 is 0 Å². The van der Waals surface area contributed by atoms with Crippen molar-refractivity contribution >= 4 is 11.6 Å². The highest BCUT2D eigenvalue weighted by molar-refractivity contribution is 5.72. The largest absolute Gasteiger partial charge is 0.468 e. The number of carbonyl (C=O) groups is 1. The second-order valence-electron chi connectivity index (χ2n) is 5.83. The van der Waals surface area contributed by atoms with E-state index in [2.05, 4.69) is 39.4 Å². The van der Waals surface area contributed by atoms with Crippen molar-refractivity contribution in [1.82, 2.24) is 10.2 Å². The predicted molar refractivity (Wildman–Crippen MR) is 90.4 cm³/mol. The van der Waals surface area contributed by atoms with Crippen LogP contribution in [-0.2, 0) is 4.79 Å². The molecule has 0 bridgehead atoms. The van der Waals surface area contributed by atoms with Gasteiger partial charge in [-0.1, -0.05) is 18.2 Å². The molecule has 122 valence electrons. The predicted octanol–water partition coefficient (Wildman–Crippen LogP) is 2.28. The minimum atomic E-state index is -0.00974. The SMILES string of the molecule is CC(=O)NCC(c1ccco1)N1CCN(c2ccccc2)CC1. The summed E-state index contributed by atoms with van der Waals surface area (Å²) in [5, 5.41) is 2.92. The van der Waals surface area contributed by atoms with Crippen molar-refractivity contribution in [3.63, 3.8) is 0 Å². The van der Waals surface area contributed by atoms with E-state index in [-0.39, 0.29) is 11.9 Å². The first kappa shape index (κ1) is 15.6. The van der Waals surface area contributed by atoms with Crippen molar-refractivity contribution in [3.05, 3.63) is 54.5 Å². The number of nitrogens with zero attached hydrogens (tertiary/aromatic N) is 2. The molecule has 0 aliphatic carbocycles. The summed E-state index contributed by atoms with van der Waals surface area (Å²) in [5.41, 5.74) is 1.27. The average molecular weight is 313 g/mol. The van der Waals surface area contributed by atoms with Crippen LogP contribution in [0.2, 0.25) is 0 Å². The van der Waals surface area contributed by atoms with Gasteiger partial charge in [-0.05, 0) is 24.3 Å². The van der Waals surface area contributed by atoms with Gasteiger partial charge in [-0.15, -0.1) is 0 Å². The Morgan fingerprint density at radius 3 is 2.48 bits per heavy atom. The van der Waals surface area contributed by atoms with E-state index in [0.29, 0.717) is 6.54 Å². The minimum Gasteiger partial charge on any atom is -0.468 e. The third-order valence-corrected chi connectivity index (χ3v) is 4.29. The van der Waals surface area contributed by atoms with E-state index in [1.165, 1.54) is 5.69 Å². The number of rotatable bonds is 5. The molecule has 2 aromatic rings. The first-order valence-electron chi connectivity index (χ1n) is 8.06. The van der Waals surface area contributed by atoms with E-state index >= 15 is 0 Å². The number of furan rings is 1. The number of anilines is 1. The Hall–Kier alpha value is -2.27. The summed E-state index contributed by atoms with van der Waals surface area (Å²) in [6, 6.07) is 14.5. The summed E-state index contributed by atoms with van der Waals surface area (Å²) in [4.78, 5) is 16.0. The van der Waals surface area contributed by atoms with Gasteiger partial charge in [0.25, 0.3) is 0 Å². The van der Waals surface area contributed by atoms with Crippen LogP contribution in [0.25, 0.3) is 0 Å². The van der Waals surface area contributed by atoms with Crippen molar-refractivity contribution in [2.45, 2.75) is 13.0 Å². The third kappa shape index (κ3) is 3.93. The Labute approximate surface area is 136 Å². The highest BCUT2D eigenvalue weighted by atomic mass is 16.3. The molecule has 1 aromatic carbocycles. The molecule has 1 unspecified atom stereocenters. The van der Waals surface area contributed by atoms with Crippen molar-refractivity contribution in [2.24, 2.45) is 0 Å². The van der Waals surface area contributed by atoms with Crippen LogP contribution in [0.5, 0.6) is 0 Å². The van der Waals surface area contributed by atoms with Crippen LogP contribution in [0.15, 0.2) is 53.1 Å². The fraction of sp³-hybridized carbons (Fsp3) is 0.389. The first-order chi connectivity index (χ1) is 11.2. The number of para-hydroxylation sites is 1. The van der Waals surface area contributed by atoms with Gasteiger partial charge in [0.1, 0.15) is 5.76 Å². The number of nitrogens with one attached hydrogen (secondary N) is 1. The molecule has 0 spiro atoms. The lowest BCUT2D eigenvalue weighted by molar-refractivity contribution is -0.119. The highest BCUT2D eigenvalue weighted by Crippen LogP contribution is 2.24. The molecule has 1 aromatic heterocycles. The molecule has 1 saturated heterocycles. The summed E-state index contributed by atoms with van der Waals surface area (Å²) < 4.78 is 5.59. The monoisotopic (exact) mass is 313 g/mol. The molecule has 2 heterocycles. The molecule has 1 fully saturated rings. The standard InChI is InChI=1S/C18H23N3O2/c1-15(22)19-14-17(18-8-5-13-23-18)21-11-9-20(10-12-21)16-6-3-2-4-7-16/h2-8,13,17H,9-12,14H2,1H3,(H,19,22). The Morgan fingerprint density at radius 2 is 1.87 bits per heavy atom. The van der Waals surface area contributed by atoms with Gasteiger partial charge in [0.2, 0.25) is 5.91 Å². The number of benzene rings is 1. The second-order valence-corrected chi connectivity index (χ2v) is 5.83. The first-order valence-corrected chi connectivity index (χ1v) is 8.06. The zero-order valence-electron chi connectivity index (χ0n) is 13.4. The third-order valence-electron chi connectivity index (χ3n) is 4.29. The van der Waals surface area contributed by atoms with Crippen LogP contribution in [0.1, 0.15) is 18.7 Å². The van der Waals surface area contributed by atoms with Gasteiger partial charge in [0, 0.05) is 45.3 Å². The summed E-state index contributed by atoms with van der Waals surface area (Å²) in [7, 11) is 0. The molecule has 1 atom stereocenters. The number of hydrogen-bond donors (Lipinski definition) is 1. The van der Waals surface area contributed by atoms with Crippen LogP contribution in [-0.4, -0.2) is 43.5 Å². The molecule has 0 saturated carbocycles. The normalized spacial score (nSPS) is 17.0. The maximum atomic E-state index is 11.3. The molecular weight excluding hydrogens is 290 g/mol. The molecular formula is C18H23N3O2. The smallest absolute Gasteiger partial charge is 0.216 e. The summed E-state index contributed by atoms with van der Waals surface area (Å²) in [5.74, 6) is 0.899. The lowest BCUT2D eigenvalue weighted by Crippen LogP contribution is -2.49. The van der Waals surface area contributed by atoms with Crippen LogP contribution in [0.4, 0.5) is 5.69 Å². The zero-order valence-corrected chi connectivity index (χ0v) is 13.4. The topological polar surface area (TPSA) is 48.7 Å². The van der Waals surface area contributed by atoms with E-state index in [1.54, 1.807) is 13.2 Å². The lowest BCUT2D eigenvalue weighted by atomic mass is 10.1. The van der Waals surface area contributed by atoms with E-state index in [1.807, 2.05) is 18.2 Å². The molecule has 5 nitrogen and oxygen atoms in total. The molecule has 3 rings (SSSR count). The van der Waals surface area contributed by atoms with Gasteiger partial charge in [0.15, 0.2) is 0 Å². The van der Waals surface area contributed by atoms with Gasteiger partial charge in [-0.25, -0.2) is 0 Å². The molecule has 1 amide bonds. The fourth-order valence-corrected chi connectivity index (χ4v) is 3.06. The van der Waals surface area contributed by atoms with Gasteiger partial charge in [-0.3, -0.25) is 9.69 Å². The molecule has 5 heteroatoms.